The van der Waals surface area contributed by atoms with Crippen molar-refractivity contribution < 1.29 is 19.8 Å². The highest BCUT2D eigenvalue weighted by Crippen LogP contribution is 2.35. The fourth-order valence-corrected chi connectivity index (χ4v) is 4.33. The summed E-state index contributed by atoms with van der Waals surface area (Å²) in [7, 11) is 0. The Morgan fingerprint density at radius 2 is 1.82 bits per heavy atom. The third kappa shape index (κ3) is 4.07. The first kappa shape index (κ1) is 18.6. The summed E-state index contributed by atoms with van der Waals surface area (Å²) in [5, 5.41) is 24.2. The van der Waals surface area contributed by atoms with Gasteiger partial charge in [-0.3, -0.25) is 0 Å². The van der Waals surface area contributed by atoms with Crippen LogP contribution >= 0.6 is 0 Å². The van der Waals surface area contributed by atoms with Gasteiger partial charge in [-0.2, -0.15) is 0 Å². The van der Waals surface area contributed by atoms with Gasteiger partial charge in [0.25, 0.3) is 0 Å². The molecule has 1 amide bonds. The molecule has 1 saturated heterocycles. The molecule has 1 aliphatic carbocycles. The standard InChI is InChI=1S/C22H26N2O4/c25-17-8-9-19(21(26)14-17)16-10-12-24(13-11-16)28-22(27)23-20-7-3-5-15-4-1-2-6-18(15)20/h1-2,4,6,8-9,14,16,20,25-26H,3,5,7,10-13H2,(H,23,27). The van der Waals surface area contributed by atoms with Crippen LogP contribution in [0.25, 0.3) is 0 Å². The van der Waals surface area contributed by atoms with Crippen molar-refractivity contribution in [3.05, 3.63) is 59.2 Å². The molecule has 6 nitrogen and oxygen atoms in total. The summed E-state index contributed by atoms with van der Waals surface area (Å²) >= 11 is 0. The number of rotatable bonds is 3. The van der Waals surface area contributed by atoms with Gasteiger partial charge in [0.1, 0.15) is 11.5 Å². The van der Waals surface area contributed by atoms with Crippen LogP contribution in [0.15, 0.2) is 42.5 Å². The summed E-state index contributed by atoms with van der Waals surface area (Å²) in [6.45, 7) is 1.22. The monoisotopic (exact) mass is 382 g/mol. The van der Waals surface area contributed by atoms with Crippen LogP contribution in [-0.4, -0.2) is 34.5 Å². The summed E-state index contributed by atoms with van der Waals surface area (Å²) in [5.41, 5.74) is 3.32. The van der Waals surface area contributed by atoms with Gasteiger partial charge in [0.15, 0.2) is 0 Å². The van der Waals surface area contributed by atoms with Gasteiger partial charge < -0.3 is 20.4 Å². The highest BCUT2D eigenvalue weighted by molar-refractivity contribution is 5.67. The summed E-state index contributed by atoms with van der Waals surface area (Å²) in [5.74, 6) is 0.366. The molecule has 1 unspecified atom stereocenters. The molecule has 6 heteroatoms. The van der Waals surface area contributed by atoms with Gasteiger partial charge in [-0.1, -0.05) is 30.3 Å². The summed E-state index contributed by atoms with van der Waals surface area (Å²) in [6, 6.07) is 13.0. The summed E-state index contributed by atoms with van der Waals surface area (Å²) < 4.78 is 0. The Labute approximate surface area is 164 Å². The van der Waals surface area contributed by atoms with Gasteiger partial charge in [-0.05, 0) is 60.8 Å². The molecule has 0 bridgehead atoms. The average Bonchev–Trinajstić information content (AvgIpc) is 2.69. The predicted molar refractivity (Wildman–Crippen MR) is 105 cm³/mol. The van der Waals surface area contributed by atoms with E-state index in [1.54, 1.807) is 17.2 Å². The van der Waals surface area contributed by atoms with Gasteiger partial charge in [0.05, 0.1) is 6.04 Å². The number of nitrogens with zero attached hydrogens (tertiary/aromatic N) is 1. The van der Waals surface area contributed by atoms with Crippen LogP contribution in [0.5, 0.6) is 11.5 Å². The molecule has 1 heterocycles. The van der Waals surface area contributed by atoms with E-state index < -0.39 is 6.09 Å². The second-order valence-corrected chi connectivity index (χ2v) is 7.61. The number of piperidine rings is 1. The zero-order valence-electron chi connectivity index (χ0n) is 15.8. The lowest BCUT2D eigenvalue weighted by atomic mass is 9.88. The molecule has 1 aliphatic heterocycles. The van der Waals surface area contributed by atoms with Gasteiger partial charge >= 0.3 is 6.09 Å². The number of carbonyl (C=O) groups is 1. The van der Waals surface area contributed by atoms with Crippen LogP contribution in [0.3, 0.4) is 0 Å². The van der Waals surface area contributed by atoms with Gasteiger partial charge in [0, 0.05) is 19.2 Å². The number of fused-ring (bicyclic) bond motifs is 1. The Balaban J connectivity index is 1.30. The van der Waals surface area contributed by atoms with Crippen molar-refractivity contribution in [1.82, 2.24) is 10.4 Å². The fourth-order valence-electron chi connectivity index (χ4n) is 4.33. The molecule has 2 aromatic rings. The average molecular weight is 382 g/mol. The van der Waals surface area contributed by atoms with Gasteiger partial charge in [-0.15, -0.1) is 5.06 Å². The topological polar surface area (TPSA) is 82.0 Å². The van der Waals surface area contributed by atoms with Crippen LogP contribution in [0, 0.1) is 0 Å². The highest BCUT2D eigenvalue weighted by atomic mass is 16.7. The van der Waals surface area contributed by atoms with E-state index in [1.807, 2.05) is 12.1 Å². The van der Waals surface area contributed by atoms with Gasteiger partial charge in [0.2, 0.25) is 0 Å². The summed E-state index contributed by atoms with van der Waals surface area (Å²) in [6.07, 6.45) is 4.18. The maximum absolute atomic E-state index is 12.4. The molecule has 0 saturated carbocycles. The minimum atomic E-state index is -0.410. The Bertz CT molecular complexity index is 846. The number of carbonyl (C=O) groups excluding carboxylic acids is 1. The SMILES string of the molecule is O=C(NC1CCCc2ccccc21)ON1CCC(c2ccc(O)cc2O)CC1. The van der Waals surface area contributed by atoms with E-state index in [1.165, 1.54) is 17.2 Å². The van der Waals surface area contributed by atoms with Crippen LogP contribution in [-0.2, 0) is 11.3 Å². The van der Waals surface area contributed by atoms with Crippen LogP contribution in [0.4, 0.5) is 4.79 Å². The number of aromatic hydroxyl groups is 2. The Morgan fingerprint density at radius 3 is 2.61 bits per heavy atom. The minimum absolute atomic E-state index is 0.00364. The van der Waals surface area contributed by atoms with Crippen LogP contribution in [0.1, 0.15) is 54.3 Å². The first-order valence-electron chi connectivity index (χ1n) is 9.93. The Hall–Kier alpha value is -2.73. The number of aryl methyl sites for hydroxylation is 1. The molecule has 1 atom stereocenters. The molecule has 1 fully saturated rings. The van der Waals surface area contributed by atoms with E-state index in [0.717, 1.165) is 37.7 Å². The molecule has 4 rings (SSSR count). The molecule has 28 heavy (non-hydrogen) atoms. The molecule has 2 aliphatic rings. The van der Waals surface area contributed by atoms with Crippen molar-refractivity contribution in [3.63, 3.8) is 0 Å². The molecule has 148 valence electrons. The molecular weight excluding hydrogens is 356 g/mol. The number of amides is 1. The number of hydrogen-bond donors (Lipinski definition) is 3. The largest absolute Gasteiger partial charge is 0.508 e. The second kappa shape index (κ2) is 8.10. The number of phenolic OH excluding ortho intramolecular Hbond substituents is 2. The van der Waals surface area contributed by atoms with E-state index in [4.69, 9.17) is 4.84 Å². The molecular formula is C22H26N2O4. The van der Waals surface area contributed by atoms with E-state index >= 15 is 0 Å². The Kier molecular flexibility index (Phi) is 5.39. The zero-order chi connectivity index (χ0) is 19.5. The van der Waals surface area contributed by atoms with Crippen molar-refractivity contribution >= 4 is 6.09 Å². The predicted octanol–water partition coefficient (Wildman–Crippen LogP) is 4.00. The molecule has 0 aromatic heterocycles. The van der Waals surface area contributed by atoms with E-state index in [2.05, 4.69) is 17.4 Å². The van der Waals surface area contributed by atoms with Gasteiger partial charge in [-0.25, -0.2) is 4.79 Å². The maximum atomic E-state index is 12.4. The zero-order valence-corrected chi connectivity index (χ0v) is 15.8. The lowest BCUT2D eigenvalue weighted by Crippen LogP contribution is -2.40. The third-order valence-corrected chi connectivity index (χ3v) is 5.78. The van der Waals surface area contributed by atoms with Crippen molar-refractivity contribution in [2.24, 2.45) is 0 Å². The van der Waals surface area contributed by atoms with Crippen LogP contribution in [0.2, 0.25) is 0 Å². The number of benzene rings is 2. The molecule has 0 spiro atoms. The molecule has 2 aromatic carbocycles. The maximum Gasteiger partial charge on any atom is 0.426 e. The number of nitrogens with one attached hydrogen (secondary N) is 1. The lowest BCUT2D eigenvalue weighted by Gasteiger charge is -2.32. The minimum Gasteiger partial charge on any atom is -0.508 e. The first-order valence-corrected chi connectivity index (χ1v) is 9.93. The van der Waals surface area contributed by atoms with Crippen molar-refractivity contribution in [3.8, 4) is 11.5 Å². The third-order valence-electron chi connectivity index (χ3n) is 5.78. The van der Waals surface area contributed by atoms with E-state index in [0.29, 0.717) is 13.1 Å². The highest BCUT2D eigenvalue weighted by Gasteiger charge is 2.27. The first-order chi connectivity index (χ1) is 13.6. The van der Waals surface area contributed by atoms with Crippen molar-refractivity contribution in [2.75, 3.05) is 13.1 Å². The molecule has 3 N–H and O–H groups in total. The van der Waals surface area contributed by atoms with E-state index in [9.17, 15) is 15.0 Å². The van der Waals surface area contributed by atoms with E-state index in [-0.39, 0.29) is 23.5 Å². The van der Waals surface area contributed by atoms with Crippen LogP contribution < -0.4 is 5.32 Å². The van der Waals surface area contributed by atoms with Crippen molar-refractivity contribution in [1.29, 1.82) is 0 Å². The second-order valence-electron chi connectivity index (χ2n) is 7.61. The number of phenols is 2. The quantitative estimate of drug-likeness (QED) is 0.748. The van der Waals surface area contributed by atoms with Crippen molar-refractivity contribution in [2.45, 2.75) is 44.1 Å². The lowest BCUT2D eigenvalue weighted by molar-refractivity contribution is -0.114. The number of hydroxylamine groups is 2. The Morgan fingerprint density at radius 1 is 1.04 bits per heavy atom. The smallest absolute Gasteiger partial charge is 0.426 e. The molecule has 0 radical (unpaired) electrons. The number of hydrogen-bond acceptors (Lipinski definition) is 5. The summed E-state index contributed by atoms with van der Waals surface area (Å²) in [4.78, 5) is 17.9. The fraction of sp³-hybridized carbons (Fsp3) is 0.409. The normalized spacial score (nSPS) is 20.4.